The largest absolute Gasteiger partial charge is 0.433 e. The molecule has 0 radical (unpaired) electrons. The molecular formula is C17H22F2N2O3. The number of nitrogens with zero attached hydrogens (tertiary/aromatic N) is 1. The van der Waals surface area contributed by atoms with E-state index in [9.17, 15) is 13.6 Å². The molecule has 2 amide bonds. The van der Waals surface area contributed by atoms with Crippen LogP contribution in [0.1, 0.15) is 25.7 Å². The van der Waals surface area contributed by atoms with Crippen LogP contribution in [0, 0.1) is 5.92 Å². The van der Waals surface area contributed by atoms with Gasteiger partial charge in [0.1, 0.15) is 5.75 Å². The van der Waals surface area contributed by atoms with Gasteiger partial charge >= 0.3 is 12.6 Å². The van der Waals surface area contributed by atoms with Crippen LogP contribution in [0.2, 0.25) is 0 Å². The number of piperidine rings is 1. The van der Waals surface area contributed by atoms with Gasteiger partial charge in [0.15, 0.2) is 0 Å². The van der Waals surface area contributed by atoms with Crippen LogP contribution in [0.25, 0.3) is 0 Å². The lowest BCUT2D eigenvalue weighted by molar-refractivity contribution is -0.0493. The lowest BCUT2D eigenvalue weighted by Crippen LogP contribution is -2.43. The fraction of sp³-hybridized carbons (Fsp3) is 0.588. The van der Waals surface area contributed by atoms with Gasteiger partial charge in [-0.15, -0.1) is 0 Å². The van der Waals surface area contributed by atoms with Crippen molar-refractivity contribution >= 4 is 11.7 Å². The number of carbonyl (C=O) groups excluding carboxylic acids is 1. The fourth-order valence-corrected chi connectivity index (χ4v) is 3.41. The molecule has 2 heterocycles. The zero-order valence-corrected chi connectivity index (χ0v) is 13.4. The molecule has 0 saturated carbocycles. The highest BCUT2D eigenvalue weighted by Crippen LogP contribution is 2.30. The molecule has 2 fully saturated rings. The molecule has 1 aromatic rings. The highest BCUT2D eigenvalue weighted by Gasteiger charge is 2.31. The van der Waals surface area contributed by atoms with Gasteiger partial charge in [-0.1, -0.05) is 12.1 Å². The van der Waals surface area contributed by atoms with Crippen LogP contribution in [0.15, 0.2) is 24.3 Å². The standard InChI is InChI=1S/C17H22F2N2O3/c18-16(19)24-15-5-2-1-4-13(15)20-17(22)21-9-7-12(8-10-21)14-6-3-11-23-14/h1-2,4-5,12,14,16H,3,6-11H2,(H,20,22)/t14-/m1/s1. The van der Waals surface area contributed by atoms with Crippen LogP contribution in [-0.2, 0) is 4.74 Å². The van der Waals surface area contributed by atoms with Crippen molar-refractivity contribution in [2.45, 2.75) is 38.4 Å². The monoisotopic (exact) mass is 340 g/mol. The first-order valence-corrected chi connectivity index (χ1v) is 8.35. The first-order chi connectivity index (χ1) is 11.6. The molecule has 0 spiro atoms. The van der Waals surface area contributed by atoms with E-state index in [4.69, 9.17) is 4.74 Å². The molecule has 2 saturated heterocycles. The Balaban J connectivity index is 1.54. The van der Waals surface area contributed by atoms with Gasteiger partial charge in [0.2, 0.25) is 0 Å². The second kappa shape index (κ2) is 7.79. The molecular weight excluding hydrogens is 318 g/mol. The lowest BCUT2D eigenvalue weighted by Gasteiger charge is -2.34. The third-order valence-electron chi connectivity index (χ3n) is 4.66. The lowest BCUT2D eigenvalue weighted by atomic mass is 9.90. The molecule has 2 aliphatic rings. The van der Waals surface area contributed by atoms with Crippen molar-refractivity contribution in [2.24, 2.45) is 5.92 Å². The van der Waals surface area contributed by atoms with Gasteiger partial charge < -0.3 is 19.7 Å². The molecule has 0 aromatic heterocycles. The number of ether oxygens (including phenoxy) is 2. The molecule has 0 aliphatic carbocycles. The summed E-state index contributed by atoms with van der Waals surface area (Å²) in [6, 6.07) is 5.92. The normalized spacial score (nSPS) is 22.0. The number of rotatable bonds is 4. The van der Waals surface area contributed by atoms with E-state index in [0.717, 1.165) is 32.3 Å². The second-order valence-electron chi connectivity index (χ2n) is 6.18. The maximum Gasteiger partial charge on any atom is 0.387 e. The van der Waals surface area contributed by atoms with Crippen LogP contribution >= 0.6 is 0 Å². The van der Waals surface area contributed by atoms with E-state index in [0.29, 0.717) is 25.1 Å². The molecule has 5 nitrogen and oxygen atoms in total. The number of nitrogens with one attached hydrogen (secondary N) is 1. The van der Waals surface area contributed by atoms with Crippen molar-refractivity contribution in [3.05, 3.63) is 24.3 Å². The van der Waals surface area contributed by atoms with E-state index in [1.165, 1.54) is 6.07 Å². The van der Waals surface area contributed by atoms with Crippen molar-refractivity contribution in [2.75, 3.05) is 25.0 Å². The molecule has 0 bridgehead atoms. The number of amides is 2. The van der Waals surface area contributed by atoms with Crippen molar-refractivity contribution in [1.82, 2.24) is 4.90 Å². The van der Waals surface area contributed by atoms with Crippen LogP contribution in [0.4, 0.5) is 19.3 Å². The number of hydrogen-bond donors (Lipinski definition) is 1. The zero-order valence-electron chi connectivity index (χ0n) is 13.4. The van der Waals surface area contributed by atoms with E-state index < -0.39 is 6.61 Å². The number of carbonyl (C=O) groups is 1. The SMILES string of the molecule is O=C(Nc1ccccc1OC(F)F)N1CCC([C@H]2CCCO2)CC1. The summed E-state index contributed by atoms with van der Waals surface area (Å²) in [5, 5.41) is 2.67. The minimum Gasteiger partial charge on any atom is -0.433 e. The minimum atomic E-state index is -2.93. The fourth-order valence-electron chi connectivity index (χ4n) is 3.41. The Bertz CT molecular complexity index is 557. The number of anilines is 1. The van der Waals surface area contributed by atoms with E-state index in [-0.39, 0.29) is 17.5 Å². The van der Waals surface area contributed by atoms with Gasteiger partial charge in [-0.25, -0.2) is 4.79 Å². The van der Waals surface area contributed by atoms with Gasteiger partial charge in [0.05, 0.1) is 11.8 Å². The Morgan fingerprint density at radius 1 is 1.25 bits per heavy atom. The van der Waals surface area contributed by atoms with Gasteiger partial charge in [0.25, 0.3) is 0 Å². The third-order valence-corrected chi connectivity index (χ3v) is 4.66. The number of alkyl halides is 2. The maximum absolute atomic E-state index is 12.4. The highest BCUT2D eigenvalue weighted by atomic mass is 19.3. The molecule has 0 unspecified atom stereocenters. The third kappa shape index (κ3) is 4.14. The Kier molecular flexibility index (Phi) is 5.50. The van der Waals surface area contributed by atoms with Crippen LogP contribution < -0.4 is 10.1 Å². The molecule has 2 aliphatic heterocycles. The van der Waals surface area contributed by atoms with E-state index in [1.807, 2.05) is 0 Å². The summed E-state index contributed by atoms with van der Waals surface area (Å²) in [7, 11) is 0. The highest BCUT2D eigenvalue weighted by molar-refractivity contribution is 5.91. The topological polar surface area (TPSA) is 50.8 Å². The van der Waals surface area contributed by atoms with Crippen molar-refractivity contribution in [3.63, 3.8) is 0 Å². The molecule has 7 heteroatoms. The van der Waals surface area contributed by atoms with Crippen LogP contribution in [0.5, 0.6) is 5.75 Å². The van der Waals surface area contributed by atoms with Gasteiger partial charge in [-0.05, 0) is 43.7 Å². The summed E-state index contributed by atoms with van der Waals surface area (Å²) in [6.45, 7) is -0.792. The summed E-state index contributed by atoms with van der Waals surface area (Å²) in [5.74, 6) is 0.473. The number of para-hydroxylation sites is 2. The summed E-state index contributed by atoms with van der Waals surface area (Å²) in [4.78, 5) is 14.1. The van der Waals surface area contributed by atoms with E-state index >= 15 is 0 Å². The van der Waals surface area contributed by atoms with Gasteiger partial charge in [-0.2, -0.15) is 8.78 Å². The Morgan fingerprint density at radius 2 is 2.00 bits per heavy atom. The average Bonchev–Trinajstić information content (AvgIpc) is 3.11. The van der Waals surface area contributed by atoms with Crippen molar-refractivity contribution in [1.29, 1.82) is 0 Å². The Labute approximate surface area is 139 Å². The van der Waals surface area contributed by atoms with E-state index in [2.05, 4.69) is 10.1 Å². The predicted molar refractivity (Wildman–Crippen MR) is 85.4 cm³/mol. The summed E-state index contributed by atoms with van der Waals surface area (Å²) >= 11 is 0. The smallest absolute Gasteiger partial charge is 0.387 e. The molecule has 1 atom stereocenters. The summed E-state index contributed by atoms with van der Waals surface area (Å²) in [6.07, 6.45) is 4.37. The van der Waals surface area contributed by atoms with Crippen LogP contribution in [0.3, 0.4) is 0 Å². The number of urea groups is 1. The number of likely N-dealkylation sites (tertiary alicyclic amines) is 1. The maximum atomic E-state index is 12.4. The van der Waals surface area contributed by atoms with E-state index in [1.54, 1.807) is 23.1 Å². The minimum absolute atomic E-state index is 0.0323. The van der Waals surface area contributed by atoms with Crippen LogP contribution in [-0.4, -0.2) is 43.3 Å². The quantitative estimate of drug-likeness (QED) is 0.909. The first kappa shape index (κ1) is 17.0. The van der Waals surface area contributed by atoms with Gasteiger partial charge in [0, 0.05) is 19.7 Å². The molecule has 24 heavy (non-hydrogen) atoms. The molecule has 132 valence electrons. The number of benzene rings is 1. The van der Waals surface area contributed by atoms with Crippen molar-refractivity contribution in [3.8, 4) is 5.75 Å². The summed E-state index contributed by atoms with van der Waals surface area (Å²) in [5.41, 5.74) is 0.254. The number of hydrogen-bond acceptors (Lipinski definition) is 3. The second-order valence-corrected chi connectivity index (χ2v) is 6.18. The number of halogens is 2. The predicted octanol–water partition coefficient (Wildman–Crippen LogP) is 3.71. The Morgan fingerprint density at radius 3 is 2.67 bits per heavy atom. The molecule has 3 rings (SSSR count). The zero-order chi connectivity index (χ0) is 16.9. The summed E-state index contributed by atoms with van der Waals surface area (Å²) < 4.78 is 35.0. The first-order valence-electron chi connectivity index (χ1n) is 8.35. The van der Waals surface area contributed by atoms with Gasteiger partial charge in [-0.3, -0.25) is 0 Å². The van der Waals surface area contributed by atoms with Crippen molar-refractivity contribution < 1.29 is 23.0 Å². The Hall–Kier alpha value is -1.89. The average molecular weight is 340 g/mol. The molecule has 1 aromatic carbocycles. The molecule has 1 N–H and O–H groups in total.